The Kier molecular flexibility index (Phi) is 6.15. The molecule has 1 aliphatic heterocycles. The van der Waals surface area contributed by atoms with Gasteiger partial charge in [0.15, 0.2) is 0 Å². The predicted molar refractivity (Wildman–Crippen MR) is 83.5 cm³/mol. The van der Waals surface area contributed by atoms with E-state index in [0.29, 0.717) is 6.04 Å². The Balaban J connectivity index is 1.82. The van der Waals surface area contributed by atoms with Crippen molar-refractivity contribution in [2.45, 2.75) is 77.8 Å². The maximum absolute atomic E-state index is 3.71. The molecular formula is C17H34N2. The van der Waals surface area contributed by atoms with E-state index in [9.17, 15) is 0 Å². The Morgan fingerprint density at radius 2 is 2.05 bits per heavy atom. The van der Waals surface area contributed by atoms with Gasteiger partial charge in [0.2, 0.25) is 0 Å². The van der Waals surface area contributed by atoms with Crippen LogP contribution in [0, 0.1) is 11.8 Å². The molecule has 1 aliphatic carbocycles. The van der Waals surface area contributed by atoms with Crippen molar-refractivity contribution in [3.63, 3.8) is 0 Å². The van der Waals surface area contributed by atoms with Crippen LogP contribution in [-0.4, -0.2) is 36.6 Å². The summed E-state index contributed by atoms with van der Waals surface area (Å²) in [5.74, 6) is 1.83. The number of rotatable bonds is 5. The van der Waals surface area contributed by atoms with Crippen LogP contribution in [0.25, 0.3) is 0 Å². The van der Waals surface area contributed by atoms with Crippen LogP contribution in [0.15, 0.2) is 0 Å². The van der Waals surface area contributed by atoms with Gasteiger partial charge in [0.1, 0.15) is 0 Å². The molecule has 0 spiro atoms. The van der Waals surface area contributed by atoms with Crippen LogP contribution in [0.2, 0.25) is 0 Å². The maximum Gasteiger partial charge on any atom is 0.00979 e. The summed E-state index contributed by atoms with van der Waals surface area (Å²) in [6.07, 6.45) is 9.90. The molecule has 2 nitrogen and oxygen atoms in total. The summed E-state index contributed by atoms with van der Waals surface area (Å²) in [5, 5.41) is 3.71. The molecule has 4 unspecified atom stereocenters. The first-order chi connectivity index (χ1) is 9.20. The van der Waals surface area contributed by atoms with Gasteiger partial charge in [-0.15, -0.1) is 0 Å². The molecule has 2 aliphatic rings. The number of hydrogen-bond acceptors (Lipinski definition) is 2. The van der Waals surface area contributed by atoms with Crippen molar-refractivity contribution in [2.75, 3.05) is 19.6 Å². The number of nitrogens with zero attached hydrogens (tertiary/aromatic N) is 1. The second-order valence-corrected chi connectivity index (χ2v) is 7.07. The van der Waals surface area contributed by atoms with Gasteiger partial charge in [-0.05, 0) is 64.0 Å². The molecule has 0 aromatic heterocycles. The Hall–Kier alpha value is -0.0800. The second kappa shape index (κ2) is 7.64. The standard InChI is InChI=1S/C17H34N2/c1-4-10-18-15(3)16-8-6-11-19(13-16)17-9-5-7-14(2)12-17/h14-18H,4-13H2,1-3H3. The molecule has 4 atom stereocenters. The maximum atomic E-state index is 3.71. The first kappa shape index (κ1) is 15.3. The zero-order valence-corrected chi connectivity index (χ0v) is 13.3. The molecule has 0 aromatic rings. The summed E-state index contributed by atoms with van der Waals surface area (Å²) < 4.78 is 0. The lowest BCUT2D eigenvalue weighted by atomic mass is 9.83. The molecule has 2 heteroatoms. The Morgan fingerprint density at radius 1 is 1.21 bits per heavy atom. The monoisotopic (exact) mass is 266 g/mol. The van der Waals surface area contributed by atoms with E-state index in [2.05, 4.69) is 31.0 Å². The topological polar surface area (TPSA) is 15.3 Å². The van der Waals surface area contributed by atoms with Crippen LogP contribution < -0.4 is 5.32 Å². The summed E-state index contributed by atoms with van der Waals surface area (Å²) >= 11 is 0. The van der Waals surface area contributed by atoms with Gasteiger partial charge < -0.3 is 10.2 Å². The lowest BCUT2D eigenvalue weighted by Crippen LogP contribution is -2.49. The fourth-order valence-corrected chi connectivity index (χ4v) is 4.05. The normalized spacial score (nSPS) is 35.2. The molecule has 1 saturated heterocycles. The van der Waals surface area contributed by atoms with E-state index >= 15 is 0 Å². The van der Waals surface area contributed by atoms with Crippen LogP contribution in [0.5, 0.6) is 0 Å². The molecule has 19 heavy (non-hydrogen) atoms. The summed E-state index contributed by atoms with van der Waals surface area (Å²) in [5.41, 5.74) is 0. The van der Waals surface area contributed by atoms with Crippen molar-refractivity contribution in [1.82, 2.24) is 10.2 Å². The van der Waals surface area contributed by atoms with E-state index in [0.717, 1.165) is 17.9 Å². The van der Waals surface area contributed by atoms with E-state index in [1.807, 2.05) is 0 Å². The van der Waals surface area contributed by atoms with Crippen LogP contribution in [0.4, 0.5) is 0 Å². The van der Waals surface area contributed by atoms with E-state index in [1.165, 1.54) is 64.6 Å². The molecule has 0 bridgehead atoms. The number of likely N-dealkylation sites (tertiary alicyclic amines) is 1. The summed E-state index contributed by atoms with van der Waals surface area (Å²) in [6.45, 7) is 11.0. The van der Waals surface area contributed by atoms with Crippen molar-refractivity contribution in [1.29, 1.82) is 0 Å². The fourth-order valence-electron chi connectivity index (χ4n) is 4.05. The SMILES string of the molecule is CCCNC(C)C1CCCN(C2CCCC(C)C2)C1. The molecule has 1 saturated carbocycles. The Morgan fingerprint density at radius 3 is 2.79 bits per heavy atom. The molecule has 112 valence electrons. The van der Waals surface area contributed by atoms with E-state index in [1.54, 1.807) is 0 Å². The molecule has 1 N–H and O–H groups in total. The third-order valence-corrected chi connectivity index (χ3v) is 5.34. The van der Waals surface area contributed by atoms with Crippen molar-refractivity contribution in [3.8, 4) is 0 Å². The van der Waals surface area contributed by atoms with Gasteiger partial charge in [0.25, 0.3) is 0 Å². The van der Waals surface area contributed by atoms with Gasteiger partial charge >= 0.3 is 0 Å². The minimum atomic E-state index is 0.698. The first-order valence-corrected chi connectivity index (χ1v) is 8.68. The largest absolute Gasteiger partial charge is 0.314 e. The quantitative estimate of drug-likeness (QED) is 0.817. The lowest BCUT2D eigenvalue weighted by molar-refractivity contribution is 0.0747. The third-order valence-electron chi connectivity index (χ3n) is 5.34. The highest BCUT2D eigenvalue weighted by Crippen LogP contribution is 2.30. The van der Waals surface area contributed by atoms with Gasteiger partial charge in [-0.1, -0.05) is 26.7 Å². The van der Waals surface area contributed by atoms with Crippen LogP contribution in [0.3, 0.4) is 0 Å². The molecule has 0 aromatic carbocycles. The predicted octanol–water partition coefficient (Wildman–Crippen LogP) is 3.67. The highest BCUT2D eigenvalue weighted by Gasteiger charge is 2.30. The van der Waals surface area contributed by atoms with Gasteiger partial charge in [-0.2, -0.15) is 0 Å². The molecule has 0 amide bonds. The smallest absolute Gasteiger partial charge is 0.00979 e. The zero-order chi connectivity index (χ0) is 13.7. The number of hydrogen-bond donors (Lipinski definition) is 1. The van der Waals surface area contributed by atoms with Crippen LogP contribution in [0.1, 0.15) is 65.7 Å². The summed E-state index contributed by atoms with van der Waals surface area (Å²) in [4.78, 5) is 2.83. The van der Waals surface area contributed by atoms with E-state index in [-0.39, 0.29) is 0 Å². The number of piperidine rings is 1. The fraction of sp³-hybridized carbons (Fsp3) is 1.00. The highest BCUT2D eigenvalue weighted by molar-refractivity contribution is 4.86. The summed E-state index contributed by atoms with van der Waals surface area (Å²) in [7, 11) is 0. The summed E-state index contributed by atoms with van der Waals surface area (Å²) in [6, 6.07) is 1.59. The van der Waals surface area contributed by atoms with Gasteiger partial charge in [-0.3, -0.25) is 0 Å². The van der Waals surface area contributed by atoms with Crippen molar-refractivity contribution in [2.24, 2.45) is 11.8 Å². The zero-order valence-electron chi connectivity index (χ0n) is 13.3. The Labute approximate surface area is 120 Å². The van der Waals surface area contributed by atoms with E-state index < -0.39 is 0 Å². The van der Waals surface area contributed by atoms with Crippen LogP contribution in [-0.2, 0) is 0 Å². The molecule has 1 heterocycles. The Bertz CT molecular complexity index is 254. The van der Waals surface area contributed by atoms with Crippen molar-refractivity contribution in [3.05, 3.63) is 0 Å². The average molecular weight is 266 g/mol. The van der Waals surface area contributed by atoms with Crippen molar-refractivity contribution < 1.29 is 0 Å². The molecule has 0 radical (unpaired) electrons. The van der Waals surface area contributed by atoms with Gasteiger partial charge in [0, 0.05) is 18.6 Å². The van der Waals surface area contributed by atoms with E-state index in [4.69, 9.17) is 0 Å². The highest BCUT2D eigenvalue weighted by atomic mass is 15.2. The van der Waals surface area contributed by atoms with Gasteiger partial charge in [-0.25, -0.2) is 0 Å². The minimum absolute atomic E-state index is 0.698. The average Bonchev–Trinajstić information content (AvgIpc) is 2.45. The minimum Gasteiger partial charge on any atom is -0.314 e. The second-order valence-electron chi connectivity index (χ2n) is 7.07. The molecule has 2 fully saturated rings. The molecule has 2 rings (SSSR count). The van der Waals surface area contributed by atoms with Crippen molar-refractivity contribution >= 4 is 0 Å². The lowest BCUT2D eigenvalue weighted by Gasteiger charge is -2.43. The van der Waals surface area contributed by atoms with Crippen LogP contribution >= 0.6 is 0 Å². The first-order valence-electron chi connectivity index (χ1n) is 8.68. The molecular weight excluding hydrogens is 232 g/mol. The number of nitrogens with one attached hydrogen (secondary N) is 1. The van der Waals surface area contributed by atoms with Gasteiger partial charge in [0.05, 0.1) is 0 Å². The third kappa shape index (κ3) is 4.46.